The molecule has 122 valence electrons. The van der Waals surface area contributed by atoms with E-state index in [-0.39, 0.29) is 18.1 Å². The number of hydrogen-bond donors (Lipinski definition) is 0. The zero-order chi connectivity index (χ0) is 16.2. The lowest BCUT2D eigenvalue weighted by atomic mass is 10.1. The van der Waals surface area contributed by atoms with Crippen molar-refractivity contribution in [3.63, 3.8) is 0 Å². The molecule has 0 unspecified atom stereocenters. The number of amides is 1. The fraction of sp³-hybridized carbons (Fsp3) is 0.556. The third-order valence-corrected chi connectivity index (χ3v) is 4.91. The van der Waals surface area contributed by atoms with Crippen molar-refractivity contribution in [3.05, 3.63) is 35.4 Å². The molecule has 3 rings (SSSR count). The Hall–Kier alpha value is -1.90. The largest absolute Gasteiger partial charge is 0.380 e. The fourth-order valence-corrected chi connectivity index (χ4v) is 3.60. The Kier molecular flexibility index (Phi) is 4.94. The van der Waals surface area contributed by atoms with Crippen molar-refractivity contribution in [3.8, 4) is 6.07 Å². The molecule has 2 atom stereocenters. The Morgan fingerprint density at radius 1 is 1.35 bits per heavy atom. The minimum atomic E-state index is -0.134. The van der Waals surface area contributed by atoms with Gasteiger partial charge in [-0.3, -0.25) is 9.69 Å². The molecule has 0 spiro atoms. The van der Waals surface area contributed by atoms with E-state index >= 15 is 0 Å². The van der Waals surface area contributed by atoms with Gasteiger partial charge in [0, 0.05) is 33.3 Å². The molecule has 5 heteroatoms. The molecule has 0 radical (unpaired) electrons. The Labute approximate surface area is 137 Å². The standard InChI is InChI=1S/C18H23N3O2/c1-23-16-10-17(18(22)20-8-4-5-9-20)21(13-16)12-15-7-3-2-6-14(15)11-19/h2-3,6-7,16-17H,4-5,8-10,12-13H2,1H3/t16-,17-/m0/s1. The van der Waals surface area contributed by atoms with E-state index in [1.165, 1.54) is 0 Å². The molecular weight excluding hydrogens is 290 g/mol. The summed E-state index contributed by atoms with van der Waals surface area (Å²) in [5.41, 5.74) is 1.66. The number of likely N-dealkylation sites (tertiary alicyclic amines) is 2. The highest BCUT2D eigenvalue weighted by Gasteiger charge is 2.39. The Morgan fingerprint density at radius 2 is 2.09 bits per heavy atom. The molecule has 1 aromatic rings. The summed E-state index contributed by atoms with van der Waals surface area (Å²) in [5.74, 6) is 0.219. The summed E-state index contributed by atoms with van der Waals surface area (Å²) in [6.07, 6.45) is 3.02. The molecule has 0 aliphatic carbocycles. The minimum Gasteiger partial charge on any atom is -0.380 e. The SMILES string of the molecule is CO[C@H]1C[C@@H](C(=O)N2CCCC2)N(Cc2ccccc2C#N)C1. The summed E-state index contributed by atoms with van der Waals surface area (Å²) in [5, 5.41) is 9.27. The van der Waals surface area contributed by atoms with E-state index in [0.29, 0.717) is 12.1 Å². The molecular formula is C18H23N3O2. The first-order valence-electron chi connectivity index (χ1n) is 8.26. The number of methoxy groups -OCH3 is 1. The maximum atomic E-state index is 12.8. The first-order chi connectivity index (χ1) is 11.2. The lowest BCUT2D eigenvalue weighted by molar-refractivity contribution is -0.135. The highest BCUT2D eigenvalue weighted by molar-refractivity contribution is 5.82. The van der Waals surface area contributed by atoms with E-state index in [0.717, 1.165) is 44.5 Å². The molecule has 1 amide bonds. The van der Waals surface area contributed by atoms with Gasteiger partial charge >= 0.3 is 0 Å². The topological polar surface area (TPSA) is 56.6 Å². The average molecular weight is 313 g/mol. The number of carbonyl (C=O) groups excluding carboxylic acids is 1. The fourth-order valence-electron chi connectivity index (χ4n) is 3.60. The second-order valence-corrected chi connectivity index (χ2v) is 6.34. The number of hydrogen-bond acceptors (Lipinski definition) is 4. The molecule has 2 aliphatic heterocycles. The number of nitrogens with zero attached hydrogens (tertiary/aromatic N) is 3. The van der Waals surface area contributed by atoms with Crippen LogP contribution in [0.2, 0.25) is 0 Å². The molecule has 0 saturated carbocycles. The molecule has 1 aromatic carbocycles. The van der Waals surface area contributed by atoms with Crippen molar-refractivity contribution in [1.82, 2.24) is 9.80 Å². The average Bonchev–Trinajstić information content (AvgIpc) is 3.24. The normalized spacial score (nSPS) is 24.8. The van der Waals surface area contributed by atoms with E-state index < -0.39 is 0 Å². The van der Waals surface area contributed by atoms with Gasteiger partial charge in [-0.2, -0.15) is 5.26 Å². The van der Waals surface area contributed by atoms with Gasteiger partial charge in [-0.15, -0.1) is 0 Å². The van der Waals surface area contributed by atoms with E-state index in [9.17, 15) is 10.1 Å². The van der Waals surface area contributed by atoms with Crippen LogP contribution < -0.4 is 0 Å². The van der Waals surface area contributed by atoms with Crippen molar-refractivity contribution in [1.29, 1.82) is 5.26 Å². The smallest absolute Gasteiger partial charge is 0.240 e. The second-order valence-electron chi connectivity index (χ2n) is 6.34. The maximum absolute atomic E-state index is 12.8. The molecule has 2 fully saturated rings. The maximum Gasteiger partial charge on any atom is 0.240 e. The molecule has 2 saturated heterocycles. The monoisotopic (exact) mass is 313 g/mol. The van der Waals surface area contributed by atoms with Gasteiger partial charge in [0.05, 0.1) is 23.8 Å². The van der Waals surface area contributed by atoms with Crippen LogP contribution in [0.5, 0.6) is 0 Å². The highest BCUT2D eigenvalue weighted by atomic mass is 16.5. The predicted molar refractivity (Wildman–Crippen MR) is 86.6 cm³/mol. The summed E-state index contributed by atoms with van der Waals surface area (Å²) >= 11 is 0. The van der Waals surface area contributed by atoms with Gasteiger partial charge in [0.15, 0.2) is 0 Å². The van der Waals surface area contributed by atoms with Crippen LogP contribution in [0.25, 0.3) is 0 Å². The zero-order valence-corrected chi connectivity index (χ0v) is 13.6. The summed E-state index contributed by atoms with van der Waals surface area (Å²) < 4.78 is 5.50. The van der Waals surface area contributed by atoms with E-state index in [1.54, 1.807) is 7.11 Å². The van der Waals surface area contributed by atoms with Gasteiger partial charge in [0.2, 0.25) is 5.91 Å². The third-order valence-electron chi connectivity index (χ3n) is 4.91. The lowest BCUT2D eigenvalue weighted by Crippen LogP contribution is -2.44. The van der Waals surface area contributed by atoms with E-state index in [1.807, 2.05) is 29.2 Å². The summed E-state index contributed by atoms with van der Waals surface area (Å²) in [4.78, 5) is 17.0. The minimum absolute atomic E-state index is 0.0841. The first kappa shape index (κ1) is 16.0. The number of nitriles is 1. The van der Waals surface area contributed by atoms with E-state index in [4.69, 9.17) is 4.74 Å². The Morgan fingerprint density at radius 3 is 2.78 bits per heavy atom. The summed E-state index contributed by atoms with van der Waals surface area (Å²) in [7, 11) is 1.70. The zero-order valence-electron chi connectivity index (χ0n) is 13.6. The number of benzene rings is 1. The first-order valence-corrected chi connectivity index (χ1v) is 8.26. The van der Waals surface area contributed by atoms with Crippen LogP contribution in [-0.2, 0) is 16.1 Å². The molecule has 0 N–H and O–H groups in total. The number of rotatable bonds is 4. The number of carbonyl (C=O) groups is 1. The third kappa shape index (κ3) is 3.39. The van der Waals surface area contributed by atoms with Gasteiger partial charge in [-0.25, -0.2) is 0 Å². The van der Waals surface area contributed by atoms with Gasteiger partial charge in [-0.1, -0.05) is 18.2 Å². The Bertz CT molecular complexity index is 605. The van der Waals surface area contributed by atoms with Crippen LogP contribution in [0, 0.1) is 11.3 Å². The van der Waals surface area contributed by atoms with Crippen LogP contribution in [-0.4, -0.2) is 54.6 Å². The van der Waals surface area contributed by atoms with Gasteiger partial charge in [-0.05, 0) is 30.9 Å². The van der Waals surface area contributed by atoms with E-state index in [2.05, 4.69) is 11.0 Å². The van der Waals surface area contributed by atoms with Crippen molar-refractivity contribution < 1.29 is 9.53 Å². The summed E-state index contributed by atoms with van der Waals surface area (Å²) in [6.45, 7) is 3.10. The van der Waals surface area contributed by atoms with Crippen LogP contribution in [0.3, 0.4) is 0 Å². The van der Waals surface area contributed by atoms with Crippen LogP contribution in [0.15, 0.2) is 24.3 Å². The number of ether oxygens (including phenoxy) is 1. The molecule has 2 aliphatic rings. The molecule has 5 nitrogen and oxygen atoms in total. The van der Waals surface area contributed by atoms with Gasteiger partial charge < -0.3 is 9.64 Å². The van der Waals surface area contributed by atoms with Crippen LogP contribution >= 0.6 is 0 Å². The van der Waals surface area contributed by atoms with Crippen molar-refractivity contribution in [2.45, 2.75) is 38.0 Å². The molecule has 23 heavy (non-hydrogen) atoms. The predicted octanol–water partition coefficient (Wildman–Crippen LogP) is 1.77. The van der Waals surface area contributed by atoms with Crippen molar-refractivity contribution in [2.75, 3.05) is 26.7 Å². The van der Waals surface area contributed by atoms with Gasteiger partial charge in [0.1, 0.15) is 0 Å². The quantitative estimate of drug-likeness (QED) is 0.850. The van der Waals surface area contributed by atoms with Crippen molar-refractivity contribution in [2.24, 2.45) is 0 Å². The lowest BCUT2D eigenvalue weighted by Gasteiger charge is -2.27. The summed E-state index contributed by atoms with van der Waals surface area (Å²) in [6, 6.07) is 9.72. The molecule has 0 bridgehead atoms. The van der Waals surface area contributed by atoms with Crippen LogP contribution in [0.4, 0.5) is 0 Å². The second kappa shape index (κ2) is 7.12. The van der Waals surface area contributed by atoms with Crippen molar-refractivity contribution >= 4 is 5.91 Å². The highest BCUT2D eigenvalue weighted by Crippen LogP contribution is 2.26. The molecule has 0 aromatic heterocycles. The van der Waals surface area contributed by atoms with Crippen LogP contribution in [0.1, 0.15) is 30.4 Å². The Balaban J connectivity index is 1.77. The van der Waals surface area contributed by atoms with Gasteiger partial charge in [0.25, 0.3) is 0 Å². The molecule has 2 heterocycles.